The molecule has 8 heteroatoms. The van der Waals surface area contributed by atoms with Crippen molar-refractivity contribution >= 4 is 34.9 Å². The molecule has 1 unspecified atom stereocenters. The lowest BCUT2D eigenvalue weighted by Gasteiger charge is -2.26. The molecule has 28 heavy (non-hydrogen) atoms. The van der Waals surface area contributed by atoms with Gasteiger partial charge in [0.2, 0.25) is 5.91 Å². The molecule has 1 aliphatic rings. The summed E-state index contributed by atoms with van der Waals surface area (Å²) in [6, 6.07) is 12.3. The molecule has 4 N–H and O–H groups in total. The largest absolute Gasteiger partial charge is 0.399 e. The van der Waals surface area contributed by atoms with Crippen molar-refractivity contribution in [2.45, 2.75) is 31.8 Å². The number of carbonyl (C=O) groups is 1. The molecule has 0 radical (unpaired) electrons. The van der Waals surface area contributed by atoms with Gasteiger partial charge in [-0.15, -0.1) is 12.4 Å². The van der Waals surface area contributed by atoms with Crippen LogP contribution in [0.1, 0.15) is 30.0 Å². The van der Waals surface area contributed by atoms with Crippen LogP contribution in [0.2, 0.25) is 0 Å². The van der Waals surface area contributed by atoms with E-state index in [1.165, 1.54) is 0 Å². The van der Waals surface area contributed by atoms with E-state index < -0.39 is 11.2 Å². The van der Waals surface area contributed by atoms with Crippen LogP contribution < -0.4 is 22.3 Å². The maximum Gasteiger partial charge on any atom is 0.329 e. The van der Waals surface area contributed by atoms with Crippen LogP contribution in [0.25, 0.3) is 10.9 Å². The number of anilines is 1. The Kier molecular flexibility index (Phi) is 5.56. The smallest absolute Gasteiger partial charge is 0.329 e. The molecule has 4 rings (SSSR count). The van der Waals surface area contributed by atoms with Crippen LogP contribution in [0.4, 0.5) is 5.69 Å². The van der Waals surface area contributed by atoms with Gasteiger partial charge < -0.3 is 16.0 Å². The molecule has 0 saturated carbocycles. The van der Waals surface area contributed by atoms with Crippen molar-refractivity contribution in [3.63, 3.8) is 0 Å². The topological polar surface area (TPSA) is 110 Å². The fourth-order valence-electron chi connectivity index (χ4n) is 3.71. The average Bonchev–Trinajstić information content (AvgIpc) is 2.65. The van der Waals surface area contributed by atoms with Crippen molar-refractivity contribution in [3.8, 4) is 0 Å². The van der Waals surface area contributed by atoms with Crippen LogP contribution in [-0.2, 0) is 17.8 Å². The number of fused-ring (bicyclic) bond motifs is 2. The summed E-state index contributed by atoms with van der Waals surface area (Å²) in [5.41, 5.74) is 8.12. The Morgan fingerprint density at radius 3 is 2.82 bits per heavy atom. The number of aromatic nitrogens is 2. The number of halogens is 1. The molecule has 146 valence electrons. The van der Waals surface area contributed by atoms with E-state index in [0.717, 1.165) is 35.0 Å². The zero-order valence-electron chi connectivity index (χ0n) is 15.1. The highest BCUT2D eigenvalue weighted by Crippen LogP contribution is 2.30. The van der Waals surface area contributed by atoms with Gasteiger partial charge in [0, 0.05) is 5.69 Å². The minimum absolute atomic E-state index is 0. The standard InChI is InChI=1S/C20H20N4O3.ClH/c21-13-8-9-14-12(10-13)4-3-7-16(14)22-18(25)11-24-19(26)15-5-1-2-6-17(15)23-20(24)27;/h1-2,5-6,8-10,16H,3-4,7,11,21H2,(H,22,25)(H,23,27);1H. The second-order valence-corrected chi connectivity index (χ2v) is 6.84. The van der Waals surface area contributed by atoms with Crippen molar-refractivity contribution in [1.29, 1.82) is 0 Å². The molecule has 2 aromatic carbocycles. The van der Waals surface area contributed by atoms with Gasteiger partial charge in [0.25, 0.3) is 5.56 Å². The Labute approximate surface area is 167 Å². The number of hydrogen-bond acceptors (Lipinski definition) is 4. The first-order chi connectivity index (χ1) is 13.0. The first-order valence-electron chi connectivity index (χ1n) is 8.92. The van der Waals surface area contributed by atoms with Crippen molar-refractivity contribution in [1.82, 2.24) is 14.9 Å². The zero-order valence-corrected chi connectivity index (χ0v) is 15.9. The second kappa shape index (κ2) is 7.90. The van der Waals surface area contributed by atoms with Crippen molar-refractivity contribution in [3.05, 3.63) is 74.4 Å². The van der Waals surface area contributed by atoms with Gasteiger partial charge >= 0.3 is 5.69 Å². The van der Waals surface area contributed by atoms with Gasteiger partial charge in [-0.25, -0.2) is 4.79 Å². The minimum Gasteiger partial charge on any atom is -0.399 e. The Hall–Kier alpha value is -3.06. The van der Waals surface area contributed by atoms with Crippen LogP contribution >= 0.6 is 12.4 Å². The van der Waals surface area contributed by atoms with Crippen molar-refractivity contribution < 1.29 is 4.79 Å². The van der Waals surface area contributed by atoms with Gasteiger partial charge in [0.05, 0.1) is 16.9 Å². The lowest BCUT2D eigenvalue weighted by molar-refractivity contribution is -0.122. The van der Waals surface area contributed by atoms with E-state index in [2.05, 4.69) is 10.3 Å². The van der Waals surface area contributed by atoms with Crippen molar-refractivity contribution in [2.24, 2.45) is 0 Å². The summed E-state index contributed by atoms with van der Waals surface area (Å²) >= 11 is 0. The fourth-order valence-corrected chi connectivity index (χ4v) is 3.71. The number of rotatable bonds is 3. The summed E-state index contributed by atoms with van der Waals surface area (Å²) in [7, 11) is 0. The number of aryl methyl sites for hydroxylation is 1. The number of aromatic amines is 1. The number of para-hydroxylation sites is 1. The molecule has 0 fully saturated rings. The summed E-state index contributed by atoms with van der Waals surface area (Å²) in [5.74, 6) is -0.368. The number of hydrogen-bond donors (Lipinski definition) is 3. The van der Waals surface area contributed by atoms with E-state index in [9.17, 15) is 14.4 Å². The van der Waals surface area contributed by atoms with Gasteiger partial charge in [-0.1, -0.05) is 18.2 Å². The summed E-state index contributed by atoms with van der Waals surface area (Å²) < 4.78 is 0.935. The SMILES string of the molecule is Cl.Nc1ccc2c(c1)CCCC2NC(=O)Cn1c(=O)[nH]c2ccccc2c1=O. The quantitative estimate of drug-likeness (QED) is 0.583. The Morgan fingerprint density at radius 1 is 1.21 bits per heavy atom. The molecular weight excluding hydrogens is 380 g/mol. The molecule has 1 amide bonds. The van der Waals surface area contributed by atoms with Crippen LogP contribution in [0.5, 0.6) is 0 Å². The van der Waals surface area contributed by atoms with Crippen molar-refractivity contribution in [2.75, 3.05) is 5.73 Å². The molecule has 0 saturated heterocycles. The van der Waals surface area contributed by atoms with Crippen LogP contribution in [0.15, 0.2) is 52.1 Å². The summed E-state index contributed by atoms with van der Waals surface area (Å²) in [6.07, 6.45) is 2.68. The first-order valence-corrected chi connectivity index (χ1v) is 8.92. The maximum atomic E-state index is 12.6. The lowest BCUT2D eigenvalue weighted by Crippen LogP contribution is -2.41. The molecule has 1 atom stereocenters. The second-order valence-electron chi connectivity index (χ2n) is 6.84. The molecule has 1 heterocycles. The van der Waals surface area contributed by atoms with E-state index in [1.807, 2.05) is 18.2 Å². The van der Waals surface area contributed by atoms with Crippen LogP contribution in [0.3, 0.4) is 0 Å². The predicted molar refractivity (Wildman–Crippen MR) is 111 cm³/mol. The third-order valence-electron chi connectivity index (χ3n) is 5.01. The molecule has 0 spiro atoms. The average molecular weight is 401 g/mol. The summed E-state index contributed by atoms with van der Waals surface area (Å²) in [5, 5.41) is 3.33. The number of nitrogens with zero attached hydrogens (tertiary/aromatic N) is 1. The van der Waals surface area contributed by atoms with E-state index in [0.29, 0.717) is 16.6 Å². The van der Waals surface area contributed by atoms with E-state index in [-0.39, 0.29) is 30.9 Å². The number of nitrogens with two attached hydrogens (primary N) is 1. The van der Waals surface area contributed by atoms with E-state index in [4.69, 9.17) is 5.73 Å². The molecule has 1 aromatic heterocycles. The number of carbonyl (C=O) groups excluding carboxylic acids is 1. The van der Waals surface area contributed by atoms with Gasteiger partial charge in [-0.3, -0.25) is 14.2 Å². The lowest BCUT2D eigenvalue weighted by atomic mass is 9.87. The monoisotopic (exact) mass is 400 g/mol. The van der Waals surface area contributed by atoms with Crippen LogP contribution in [0, 0.1) is 0 Å². The Bertz CT molecular complexity index is 1150. The Morgan fingerprint density at radius 2 is 2.00 bits per heavy atom. The highest BCUT2D eigenvalue weighted by Gasteiger charge is 2.22. The van der Waals surface area contributed by atoms with E-state index in [1.54, 1.807) is 24.3 Å². The third-order valence-corrected chi connectivity index (χ3v) is 5.01. The Balaban J connectivity index is 0.00000225. The highest BCUT2D eigenvalue weighted by molar-refractivity contribution is 5.85. The maximum absolute atomic E-state index is 12.6. The molecule has 7 nitrogen and oxygen atoms in total. The molecule has 1 aliphatic carbocycles. The van der Waals surface area contributed by atoms with Gasteiger partial charge in [-0.2, -0.15) is 0 Å². The first kappa shape index (κ1) is 19.7. The molecular formula is C20H21ClN4O3. The third kappa shape index (κ3) is 3.66. The molecule has 3 aromatic rings. The predicted octanol–water partition coefficient (Wildman–Crippen LogP) is 1.89. The zero-order chi connectivity index (χ0) is 19.0. The van der Waals surface area contributed by atoms with Gasteiger partial charge in [0.15, 0.2) is 0 Å². The number of H-pyrrole nitrogens is 1. The summed E-state index contributed by atoms with van der Waals surface area (Å²) in [6.45, 7) is -0.320. The molecule has 0 aliphatic heterocycles. The fraction of sp³-hybridized carbons (Fsp3) is 0.250. The van der Waals surface area contributed by atoms with Gasteiger partial charge in [0.1, 0.15) is 6.54 Å². The number of amides is 1. The number of nitrogens with one attached hydrogen (secondary N) is 2. The molecule has 0 bridgehead atoms. The summed E-state index contributed by atoms with van der Waals surface area (Å²) in [4.78, 5) is 40.0. The van der Waals surface area contributed by atoms with E-state index >= 15 is 0 Å². The van der Waals surface area contributed by atoms with Crippen LogP contribution in [-0.4, -0.2) is 15.5 Å². The minimum atomic E-state index is -0.592. The number of nitrogen functional groups attached to an aromatic ring is 1. The normalized spacial score (nSPS) is 15.5. The van der Waals surface area contributed by atoms with Gasteiger partial charge in [-0.05, 0) is 54.7 Å². The highest BCUT2D eigenvalue weighted by atomic mass is 35.5. The number of benzene rings is 2.